The molecule has 1 unspecified atom stereocenters. The number of carboxylic acid groups (broad SMARTS) is 1. The molecule has 7 heteroatoms. The minimum absolute atomic E-state index is 0.0395. The van der Waals surface area contributed by atoms with Crippen molar-refractivity contribution >= 4 is 39.7 Å². The van der Waals surface area contributed by atoms with E-state index in [-0.39, 0.29) is 10.6 Å². The second-order valence-electron chi connectivity index (χ2n) is 3.79. The summed E-state index contributed by atoms with van der Waals surface area (Å²) in [7, 11) is -0.856. The predicted molar refractivity (Wildman–Crippen MR) is 74.9 cm³/mol. The van der Waals surface area contributed by atoms with E-state index >= 15 is 0 Å². The zero-order valence-electron chi connectivity index (χ0n) is 9.90. The van der Waals surface area contributed by atoms with Gasteiger partial charge in [0, 0.05) is 35.0 Å². The Hall–Kier alpha value is -1.27. The molecule has 0 fully saturated rings. The van der Waals surface area contributed by atoms with Crippen molar-refractivity contribution < 1.29 is 14.1 Å². The van der Waals surface area contributed by atoms with E-state index in [0.717, 1.165) is 0 Å². The summed E-state index contributed by atoms with van der Waals surface area (Å²) in [6.45, 7) is 0.503. The summed E-state index contributed by atoms with van der Waals surface area (Å²) in [6.07, 6.45) is 2.29. The van der Waals surface area contributed by atoms with Crippen LogP contribution in [0.15, 0.2) is 12.1 Å². The third kappa shape index (κ3) is 4.19. The fraction of sp³-hybridized carbons (Fsp3) is 0.364. The van der Waals surface area contributed by atoms with Crippen LogP contribution in [-0.2, 0) is 10.8 Å². The van der Waals surface area contributed by atoms with E-state index in [2.05, 4.69) is 5.32 Å². The molecule has 0 spiro atoms. The van der Waals surface area contributed by atoms with Gasteiger partial charge >= 0.3 is 5.97 Å². The van der Waals surface area contributed by atoms with E-state index in [9.17, 15) is 9.00 Å². The number of hydrogen-bond donors (Lipinski definition) is 3. The highest BCUT2D eigenvalue weighted by Crippen LogP contribution is 2.29. The molecule has 0 saturated carbocycles. The van der Waals surface area contributed by atoms with Crippen molar-refractivity contribution in [1.82, 2.24) is 0 Å². The van der Waals surface area contributed by atoms with Crippen molar-refractivity contribution in [3.8, 4) is 0 Å². The second-order valence-corrected chi connectivity index (χ2v) is 5.75. The van der Waals surface area contributed by atoms with Crippen LogP contribution < -0.4 is 11.1 Å². The van der Waals surface area contributed by atoms with Gasteiger partial charge in [-0.1, -0.05) is 11.6 Å². The maximum absolute atomic E-state index is 11.1. The molecule has 0 heterocycles. The SMILES string of the molecule is CS(=O)CCCNc1c(Cl)cc(N)cc1C(=O)O. The fourth-order valence-electron chi connectivity index (χ4n) is 1.46. The Morgan fingerprint density at radius 1 is 1.56 bits per heavy atom. The molecule has 0 amide bonds. The highest BCUT2D eigenvalue weighted by molar-refractivity contribution is 7.84. The van der Waals surface area contributed by atoms with Crippen LogP contribution in [0.5, 0.6) is 0 Å². The number of nitrogens with two attached hydrogens (primary N) is 1. The van der Waals surface area contributed by atoms with Gasteiger partial charge in [0.2, 0.25) is 0 Å². The van der Waals surface area contributed by atoms with Crippen LogP contribution in [0.1, 0.15) is 16.8 Å². The predicted octanol–water partition coefficient (Wildman–Crippen LogP) is 1.80. The zero-order chi connectivity index (χ0) is 13.7. The van der Waals surface area contributed by atoms with E-state index in [4.69, 9.17) is 22.4 Å². The van der Waals surface area contributed by atoms with Crippen LogP contribution in [0.25, 0.3) is 0 Å². The third-order valence-electron chi connectivity index (χ3n) is 2.25. The number of nitrogen functional groups attached to an aromatic ring is 1. The van der Waals surface area contributed by atoms with Crippen LogP contribution in [0, 0.1) is 0 Å². The van der Waals surface area contributed by atoms with Gasteiger partial charge in [0.05, 0.1) is 16.3 Å². The van der Waals surface area contributed by atoms with Gasteiger partial charge < -0.3 is 16.2 Å². The molecule has 0 aliphatic carbocycles. The Labute approximate surface area is 113 Å². The second kappa shape index (κ2) is 6.61. The Bertz CT molecular complexity index is 480. The van der Waals surface area contributed by atoms with Crippen LogP contribution in [0.4, 0.5) is 11.4 Å². The molecule has 4 N–H and O–H groups in total. The van der Waals surface area contributed by atoms with Gasteiger partial charge in [-0.2, -0.15) is 0 Å². The van der Waals surface area contributed by atoms with Crippen LogP contribution in [-0.4, -0.2) is 33.8 Å². The van der Waals surface area contributed by atoms with Gasteiger partial charge in [0.1, 0.15) is 0 Å². The molecule has 1 aromatic rings. The number of nitrogens with one attached hydrogen (secondary N) is 1. The van der Waals surface area contributed by atoms with Gasteiger partial charge in [-0.15, -0.1) is 0 Å². The van der Waals surface area contributed by atoms with Crippen molar-refractivity contribution in [3.63, 3.8) is 0 Å². The van der Waals surface area contributed by atoms with Gasteiger partial charge in [-0.05, 0) is 18.6 Å². The molecule has 0 aliphatic heterocycles. The zero-order valence-corrected chi connectivity index (χ0v) is 11.5. The summed E-state index contributed by atoms with van der Waals surface area (Å²) < 4.78 is 10.9. The van der Waals surface area contributed by atoms with Crippen molar-refractivity contribution in [1.29, 1.82) is 0 Å². The molecule has 1 rings (SSSR count). The molecule has 1 aromatic carbocycles. The molecule has 5 nitrogen and oxygen atoms in total. The summed E-state index contributed by atoms with van der Waals surface area (Å²) in [4.78, 5) is 11.1. The number of halogens is 1. The van der Waals surface area contributed by atoms with Crippen molar-refractivity contribution in [3.05, 3.63) is 22.7 Å². The van der Waals surface area contributed by atoms with E-state index in [1.165, 1.54) is 12.1 Å². The van der Waals surface area contributed by atoms with Gasteiger partial charge in [0.15, 0.2) is 0 Å². The number of anilines is 2. The van der Waals surface area contributed by atoms with Crippen LogP contribution in [0.3, 0.4) is 0 Å². The van der Waals surface area contributed by atoms with Crippen LogP contribution in [0.2, 0.25) is 5.02 Å². The van der Waals surface area contributed by atoms with Crippen LogP contribution >= 0.6 is 11.6 Å². The number of aromatic carboxylic acids is 1. The van der Waals surface area contributed by atoms with Crippen molar-refractivity contribution in [2.24, 2.45) is 0 Å². The first-order valence-electron chi connectivity index (χ1n) is 5.28. The van der Waals surface area contributed by atoms with E-state index in [0.29, 0.717) is 30.1 Å². The first-order valence-corrected chi connectivity index (χ1v) is 7.38. The number of hydrogen-bond acceptors (Lipinski definition) is 4. The maximum Gasteiger partial charge on any atom is 0.337 e. The molecule has 0 aromatic heterocycles. The van der Waals surface area contributed by atoms with E-state index < -0.39 is 16.8 Å². The lowest BCUT2D eigenvalue weighted by Gasteiger charge is -2.12. The largest absolute Gasteiger partial charge is 0.478 e. The first kappa shape index (κ1) is 14.8. The Balaban J connectivity index is 2.80. The lowest BCUT2D eigenvalue weighted by molar-refractivity contribution is 0.0698. The summed E-state index contributed by atoms with van der Waals surface area (Å²) in [6, 6.07) is 2.85. The molecule has 18 heavy (non-hydrogen) atoms. The quantitative estimate of drug-likeness (QED) is 0.549. The summed E-state index contributed by atoms with van der Waals surface area (Å²) in [5.41, 5.74) is 6.24. The molecule has 0 aliphatic rings. The monoisotopic (exact) mass is 290 g/mol. The molecule has 0 radical (unpaired) electrons. The first-order chi connectivity index (χ1) is 8.41. The average Bonchev–Trinajstić information content (AvgIpc) is 2.25. The minimum atomic E-state index is -1.09. The lowest BCUT2D eigenvalue weighted by Crippen LogP contribution is -2.11. The molecule has 1 atom stereocenters. The summed E-state index contributed by atoms with van der Waals surface area (Å²) >= 11 is 5.95. The third-order valence-corrected chi connectivity index (χ3v) is 3.41. The number of rotatable bonds is 6. The molecule has 100 valence electrons. The van der Waals surface area contributed by atoms with Gasteiger partial charge in [0.25, 0.3) is 0 Å². The smallest absolute Gasteiger partial charge is 0.337 e. The highest BCUT2D eigenvalue weighted by Gasteiger charge is 2.14. The number of carboxylic acids is 1. The lowest BCUT2D eigenvalue weighted by atomic mass is 10.1. The molecular weight excluding hydrogens is 276 g/mol. The minimum Gasteiger partial charge on any atom is -0.478 e. The van der Waals surface area contributed by atoms with Gasteiger partial charge in [-0.3, -0.25) is 4.21 Å². The molecule has 0 saturated heterocycles. The van der Waals surface area contributed by atoms with E-state index in [1.807, 2.05) is 0 Å². The Morgan fingerprint density at radius 2 is 2.22 bits per heavy atom. The van der Waals surface area contributed by atoms with E-state index in [1.54, 1.807) is 6.26 Å². The summed E-state index contributed by atoms with van der Waals surface area (Å²) in [5.74, 6) is -0.534. The standard InChI is InChI=1S/C11H15ClN2O3S/c1-18(17)4-2-3-14-10-8(11(15)16)5-7(13)6-9(10)12/h5-6,14H,2-4,13H2,1H3,(H,15,16). The Morgan fingerprint density at radius 3 is 2.78 bits per heavy atom. The van der Waals surface area contributed by atoms with Crippen molar-refractivity contribution in [2.75, 3.05) is 29.6 Å². The fourth-order valence-corrected chi connectivity index (χ4v) is 2.31. The number of carbonyl (C=O) groups is 1. The normalized spacial score (nSPS) is 12.1. The van der Waals surface area contributed by atoms with Crippen molar-refractivity contribution in [2.45, 2.75) is 6.42 Å². The summed E-state index contributed by atoms with van der Waals surface area (Å²) in [5, 5.41) is 12.3. The molecule has 0 bridgehead atoms. The Kier molecular flexibility index (Phi) is 5.43. The topological polar surface area (TPSA) is 92.4 Å². The van der Waals surface area contributed by atoms with Gasteiger partial charge in [-0.25, -0.2) is 4.79 Å². The number of benzene rings is 1. The average molecular weight is 291 g/mol. The molecular formula is C11H15ClN2O3S. The maximum atomic E-state index is 11.1. The highest BCUT2D eigenvalue weighted by atomic mass is 35.5.